The standard InChI is InChI=1S/C21H23FN2O2S.3C2H6.CH3FS/c1-5-12(2)15-10-16-18(11-17(15)24(4)27)26-20(19(16)21(25)23-3)13-6-8-14(22)9-7-13;3*1-2;1-3-2/h6-12,27H,5H2,1-4H3,(H,23,25);3*1-2H3;1H3/t12-;;;;/m1..../s1. The summed E-state index contributed by atoms with van der Waals surface area (Å²) in [4.78, 5) is 12.6. The van der Waals surface area contributed by atoms with Crippen LogP contribution in [0.1, 0.15) is 83.7 Å². The van der Waals surface area contributed by atoms with Crippen molar-refractivity contribution in [3.8, 4) is 11.3 Å². The summed E-state index contributed by atoms with van der Waals surface area (Å²) in [5, 5.41) is 3.42. The summed E-state index contributed by atoms with van der Waals surface area (Å²) in [5.74, 6) is 0.142. The van der Waals surface area contributed by atoms with Crippen molar-refractivity contribution in [2.45, 2.75) is 67.7 Å². The predicted octanol–water partition coefficient (Wildman–Crippen LogP) is 9.71. The molecule has 1 N–H and O–H groups in total. The number of furan rings is 1. The zero-order chi connectivity index (χ0) is 28.4. The van der Waals surface area contributed by atoms with Gasteiger partial charge in [-0.1, -0.05) is 68.2 Å². The van der Waals surface area contributed by atoms with Crippen molar-refractivity contribution in [2.24, 2.45) is 0 Å². The van der Waals surface area contributed by atoms with Crippen LogP contribution in [-0.4, -0.2) is 26.3 Å². The van der Waals surface area contributed by atoms with E-state index in [1.807, 2.05) is 60.7 Å². The number of thiol groups is 1. The van der Waals surface area contributed by atoms with Gasteiger partial charge in [0.25, 0.3) is 5.91 Å². The van der Waals surface area contributed by atoms with Gasteiger partial charge in [-0.15, -0.1) is 0 Å². The van der Waals surface area contributed by atoms with Gasteiger partial charge in [-0.3, -0.25) is 4.79 Å². The first-order chi connectivity index (χ1) is 17.3. The zero-order valence-corrected chi connectivity index (χ0v) is 25.3. The second kappa shape index (κ2) is 19.9. The molecule has 1 heterocycles. The Morgan fingerprint density at radius 1 is 1.11 bits per heavy atom. The maximum absolute atomic E-state index is 13.3. The molecule has 0 spiro atoms. The van der Waals surface area contributed by atoms with E-state index in [-0.39, 0.29) is 23.9 Å². The maximum Gasteiger partial charge on any atom is 0.255 e. The quantitative estimate of drug-likeness (QED) is 0.315. The molecule has 2 aromatic carbocycles. The van der Waals surface area contributed by atoms with Crippen LogP contribution in [0.4, 0.5) is 14.0 Å². The van der Waals surface area contributed by atoms with Crippen LogP contribution in [0.25, 0.3) is 22.3 Å². The first-order valence-corrected chi connectivity index (χ1v) is 14.0. The fourth-order valence-electron chi connectivity index (χ4n) is 3.20. The molecule has 0 aliphatic rings. The van der Waals surface area contributed by atoms with E-state index in [9.17, 15) is 13.1 Å². The molecule has 0 radical (unpaired) electrons. The molecular weight excluding hydrogens is 498 g/mol. The van der Waals surface area contributed by atoms with Gasteiger partial charge in [0, 0.05) is 49.5 Å². The summed E-state index contributed by atoms with van der Waals surface area (Å²) >= 11 is 4.71. The second-order valence-corrected chi connectivity index (χ2v) is 7.70. The van der Waals surface area contributed by atoms with Crippen molar-refractivity contribution >= 4 is 47.5 Å². The molecule has 0 saturated heterocycles. The van der Waals surface area contributed by atoms with E-state index in [0.717, 1.165) is 23.1 Å². The van der Waals surface area contributed by atoms with Gasteiger partial charge in [-0.2, -0.15) is 3.89 Å². The van der Waals surface area contributed by atoms with Crippen LogP contribution in [-0.2, 0) is 0 Å². The summed E-state index contributed by atoms with van der Waals surface area (Å²) in [5.41, 5.74) is 3.73. The van der Waals surface area contributed by atoms with E-state index < -0.39 is 0 Å². The minimum atomic E-state index is -0.339. The van der Waals surface area contributed by atoms with Gasteiger partial charge >= 0.3 is 0 Å². The van der Waals surface area contributed by atoms with Crippen LogP contribution < -0.4 is 9.62 Å². The van der Waals surface area contributed by atoms with E-state index >= 15 is 0 Å². The topological polar surface area (TPSA) is 45.5 Å². The number of hydrogen-bond acceptors (Lipinski definition) is 5. The van der Waals surface area contributed by atoms with E-state index in [2.05, 4.69) is 32.0 Å². The fourth-order valence-corrected chi connectivity index (χ4v) is 3.37. The van der Waals surface area contributed by atoms with Gasteiger partial charge in [0.2, 0.25) is 0 Å². The van der Waals surface area contributed by atoms with Crippen molar-refractivity contribution in [3.05, 3.63) is 53.3 Å². The van der Waals surface area contributed by atoms with Crippen LogP contribution in [0.5, 0.6) is 0 Å². The van der Waals surface area contributed by atoms with E-state index in [0.29, 0.717) is 28.4 Å². The van der Waals surface area contributed by atoms with Gasteiger partial charge in [0.15, 0.2) is 0 Å². The molecule has 1 amide bonds. The molecule has 4 nitrogen and oxygen atoms in total. The summed E-state index contributed by atoms with van der Waals surface area (Å²) in [6.07, 6.45) is 2.33. The Morgan fingerprint density at radius 2 is 1.61 bits per heavy atom. The molecule has 0 fully saturated rings. The fraction of sp³-hybridized carbons (Fsp3) is 0.464. The molecule has 8 heteroatoms. The van der Waals surface area contributed by atoms with Gasteiger partial charge in [-0.25, -0.2) is 4.39 Å². The number of nitrogens with zero attached hydrogens (tertiary/aromatic N) is 1. The SMILES string of the molecule is CC.CC.CC.CC[C@@H](C)c1cc2c(C(=O)NC)c(-c3ccc(F)cc3)oc2cc1N(C)S.CSF. The predicted molar refractivity (Wildman–Crippen MR) is 160 cm³/mol. The molecule has 3 aromatic rings. The van der Waals surface area contributed by atoms with Crippen molar-refractivity contribution in [2.75, 3.05) is 24.7 Å². The number of amides is 1. The van der Waals surface area contributed by atoms with Crippen LogP contribution in [0.15, 0.2) is 40.8 Å². The number of carbonyl (C=O) groups excluding carboxylic acids is 1. The Hall–Kier alpha value is -2.19. The highest BCUT2D eigenvalue weighted by atomic mass is 32.2. The molecule has 1 atom stereocenters. The summed E-state index contributed by atoms with van der Waals surface area (Å²) < 4.78 is 31.4. The highest BCUT2D eigenvalue weighted by Gasteiger charge is 2.24. The average Bonchev–Trinajstić information content (AvgIpc) is 3.29. The molecule has 0 aliphatic carbocycles. The lowest BCUT2D eigenvalue weighted by Crippen LogP contribution is -2.18. The Balaban J connectivity index is 0. The highest BCUT2D eigenvalue weighted by molar-refractivity contribution is 7.93. The Bertz CT molecular complexity index is 1010. The summed E-state index contributed by atoms with van der Waals surface area (Å²) in [6, 6.07) is 9.85. The number of nitrogens with one attached hydrogen (secondary N) is 1. The monoisotopic (exact) mass is 542 g/mol. The number of benzene rings is 2. The minimum Gasteiger partial charge on any atom is -0.455 e. The van der Waals surface area contributed by atoms with Crippen LogP contribution in [0, 0.1) is 5.82 Å². The molecule has 3 rings (SSSR count). The smallest absolute Gasteiger partial charge is 0.255 e. The van der Waals surface area contributed by atoms with Crippen molar-refractivity contribution < 1.29 is 17.5 Å². The maximum atomic E-state index is 13.3. The molecule has 36 heavy (non-hydrogen) atoms. The Kier molecular flexibility index (Phi) is 19.9. The lowest BCUT2D eigenvalue weighted by atomic mass is 9.94. The molecule has 0 saturated carbocycles. The lowest BCUT2D eigenvalue weighted by molar-refractivity contribution is 0.0964. The average molecular weight is 543 g/mol. The number of carbonyl (C=O) groups is 1. The zero-order valence-electron chi connectivity index (χ0n) is 23.6. The number of anilines is 1. The van der Waals surface area contributed by atoms with Crippen molar-refractivity contribution in [1.29, 1.82) is 0 Å². The molecule has 0 bridgehead atoms. The second-order valence-electron chi connectivity index (χ2n) is 6.79. The van der Waals surface area contributed by atoms with Crippen LogP contribution in [0.2, 0.25) is 0 Å². The minimum absolute atomic E-state index is 0.241. The highest BCUT2D eigenvalue weighted by Crippen LogP contribution is 2.40. The third-order valence-corrected chi connectivity index (χ3v) is 5.11. The Morgan fingerprint density at radius 3 is 2.03 bits per heavy atom. The van der Waals surface area contributed by atoms with Crippen molar-refractivity contribution in [1.82, 2.24) is 5.32 Å². The van der Waals surface area contributed by atoms with Crippen LogP contribution in [0.3, 0.4) is 0 Å². The first-order valence-electron chi connectivity index (χ1n) is 12.4. The third-order valence-electron chi connectivity index (χ3n) is 4.89. The molecule has 0 aliphatic heterocycles. The number of halogens is 2. The number of fused-ring (bicyclic) bond motifs is 1. The van der Waals surface area contributed by atoms with Gasteiger partial charge < -0.3 is 14.0 Å². The Labute approximate surface area is 227 Å². The molecule has 1 aromatic heterocycles. The molecule has 204 valence electrons. The third kappa shape index (κ3) is 9.69. The summed E-state index contributed by atoms with van der Waals surface area (Å²) in [6.45, 7) is 16.3. The van der Waals surface area contributed by atoms with Gasteiger partial charge in [0.05, 0.1) is 11.3 Å². The molecule has 0 unspecified atom stereocenters. The number of rotatable bonds is 5. The van der Waals surface area contributed by atoms with E-state index in [1.54, 1.807) is 23.5 Å². The molecular formula is C28H44F2N2O2S2. The first kappa shape index (κ1) is 36.0. The van der Waals surface area contributed by atoms with Gasteiger partial charge in [0.1, 0.15) is 17.2 Å². The largest absolute Gasteiger partial charge is 0.455 e. The van der Waals surface area contributed by atoms with Crippen molar-refractivity contribution in [3.63, 3.8) is 0 Å². The summed E-state index contributed by atoms with van der Waals surface area (Å²) in [7, 11) is 3.45. The van der Waals surface area contributed by atoms with E-state index in [4.69, 9.17) is 4.42 Å². The van der Waals surface area contributed by atoms with Gasteiger partial charge in [-0.05, 0) is 48.2 Å². The normalized spacial score (nSPS) is 10.2. The van der Waals surface area contributed by atoms with Crippen LogP contribution >= 0.6 is 25.0 Å². The lowest BCUT2D eigenvalue weighted by Gasteiger charge is -2.20. The van der Waals surface area contributed by atoms with E-state index in [1.165, 1.54) is 18.4 Å². The number of hydrogen-bond donors (Lipinski definition) is 2.